The van der Waals surface area contributed by atoms with Crippen molar-refractivity contribution < 1.29 is 4.79 Å². The fraction of sp³-hybridized carbons (Fsp3) is 0.100. The first-order valence-electron chi connectivity index (χ1n) is 7.49. The Morgan fingerprint density at radius 3 is 2.71 bits per heavy atom. The van der Waals surface area contributed by atoms with E-state index < -0.39 is 0 Å². The van der Waals surface area contributed by atoms with E-state index in [1.54, 1.807) is 19.1 Å². The summed E-state index contributed by atoms with van der Waals surface area (Å²) in [4.78, 5) is 17.0. The number of carbonyl (C=O) groups is 1. The van der Waals surface area contributed by atoms with Gasteiger partial charge in [0.2, 0.25) is 0 Å². The van der Waals surface area contributed by atoms with Gasteiger partial charge in [0, 0.05) is 21.0 Å². The second kappa shape index (κ2) is 6.88. The predicted octanol–water partition coefficient (Wildman–Crippen LogP) is 6.25. The van der Waals surface area contributed by atoms with Crippen LogP contribution in [0.3, 0.4) is 0 Å². The molecule has 0 radical (unpaired) electrons. The van der Waals surface area contributed by atoms with E-state index in [1.807, 2.05) is 49.4 Å². The van der Waals surface area contributed by atoms with E-state index in [-0.39, 0.29) is 5.78 Å². The summed E-state index contributed by atoms with van der Waals surface area (Å²) in [5, 5.41) is 1.40. The number of benzene rings is 2. The fourth-order valence-electron chi connectivity index (χ4n) is 2.53. The third kappa shape index (κ3) is 3.58. The molecule has 1 aromatic heterocycles. The predicted molar refractivity (Wildman–Crippen MR) is 104 cm³/mol. The van der Waals surface area contributed by atoms with Crippen LogP contribution >= 0.6 is 27.5 Å². The molecule has 0 unspecified atom stereocenters. The second-order valence-electron chi connectivity index (χ2n) is 5.73. The molecule has 2 nitrogen and oxygen atoms in total. The summed E-state index contributed by atoms with van der Waals surface area (Å²) in [5.41, 5.74) is 3.99. The lowest BCUT2D eigenvalue weighted by Crippen LogP contribution is -2.00. The van der Waals surface area contributed by atoms with Crippen LogP contribution in [0.5, 0.6) is 0 Å². The van der Waals surface area contributed by atoms with Crippen molar-refractivity contribution in [3.63, 3.8) is 0 Å². The van der Waals surface area contributed by atoms with Crippen molar-refractivity contribution in [2.75, 3.05) is 0 Å². The maximum Gasteiger partial charge on any atom is 0.188 e. The van der Waals surface area contributed by atoms with Crippen molar-refractivity contribution >= 4 is 50.3 Å². The summed E-state index contributed by atoms with van der Waals surface area (Å²) in [6.45, 7) is 3.81. The molecule has 24 heavy (non-hydrogen) atoms. The molecule has 3 rings (SSSR count). The van der Waals surface area contributed by atoms with Gasteiger partial charge >= 0.3 is 0 Å². The number of halogens is 2. The Labute approximate surface area is 154 Å². The van der Waals surface area contributed by atoms with Crippen LogP contribution in [0.4, 0.5) is 0 Å². The van der Waals surface area contributed by atoms with Gasteiger partial charge in [-0.25, -0.2) is 4.98 Å². The SMILES string of the molecule is C/C(=C\c1cc2ccc(C)cc2nc1Cl)C(=O)c1cccc(Br)c1. The maximum atomic E-state index is 12.6. The number of ketones is 1. The highest BCUT2D eigenvalue weighted by Crippen LogP contribution is 2.24. The third-order valence-electron chi connectivity index (χ3n) is 3.77. The van der Waals surface area contributed by atoms with Gasteiger partial charge in [0.1, 0.15) is 5.15 Å². The van der Waals surface area contributed by atoms with E-state index in [0.717, 1.165) is 26.5 Å². The van der Waals surface area contributed by atoms with Crippen LogP contribution in [0.2, 0.25) is 5.15 Å². The van der Waals surface area contributed by atoms with Crippen molar-refractivity contribution in [2.45, 2.75) is 13.8 Å². The van der Waals surface area contributed by atoms with Crippen molar-refractivity contribution in [2.24, 2.45) is 0 Å². The van der Waals surface area contributed by atoms with Crippen molar-refractivity contribution in [3.8, 4) is 0 Å². The quantitative estimate of drug-likeness (QED) is 0.296. The first-order valence-corrected chi connectivity index (χ1v) is 8.66. The molecule has 0 aliphatic carbocycles. The van der Waals surface area contributed by atoms with Gasteiger partial charge < -0.3 is 0 Å². The highest BCUT2D eigenvalue weighted by atomic mass is 79.9. The first-order chi connectivity index (χ1) is 11.4. The van der Waals surface area contributed by atoms with Gasteiger partial charge in [0.25, 0.3) is 0 Å². The Hall–Kier alpha value is -1.97. The van der Waals surface area contributed by atoms with Crippen molar-refractivity contribution in [1.82, 2.24) is 4.98 Å². The Kier molecular flexibility index (Phi) is 4.83. The number of allylic oxidation sites excluding steroid dienone is 1. The number of hydrogen-bond acceptors (Lipinski definition) is 2. The molecule has 3 aromatic rings. The summed E-state index contributed by atoms with van der Waals surface area (Å²) in [6.07, 6.45) is 1.79. The van der Waals surface area contributed by atoms with E-state index in [9.17, 15) is 4.79 Å². The van der Waals surface area contributed by atoms with Gasteiger partial charge in [-0.15, -0.1) is 0 Å². The zero-order valence-electron chi connectivity index (χ0n) is 13.3. The molecule has 4 heteroatoms. The molecule has 2 aromatic carbocycles. The average molecular weight is 401 g/mol. The van der Waals surface area contributed by atoms with E-state index in [4.69, 9.17) is 11.6 Å². The number of aryl methyl sites for hydroxylation is 1. The lowest BCUT2D eigenvalue weighted by molar-refractivity contribution is 0.103. The molecule has 0 atom stereocenters. The van der Waals surface area contributed by atoms with Gasteiger partial charge in [-0.1, -0.05) is 51.8 Å². The molecule has 0 aliphatic rings. The molecule has 0 amide bonds. The number of Topliss-reactive ketones (excluding diaryl/α,β-unsaturated/α-hetero) is 1. The molecule has 0 aliphatic heterocycles. The van der Waals surface area contributed by atoms with E-state index in [2.05, 4.69) is 20.9 Å². The Balaban J connectivity index is 2.00. The number of pyridine rings is 1. The van der Waals surface area contributed by atoms with Gasteiger partial charge in [-0.2, -0.15) is 0 Å². The maximum absolute atomic E-state index is 12.6. The second-order valence-corrected chi connectivity index (χ2v) is 7.01. The number of fused-ring (bicyclic) bond motifs is 1. The largest absolute Gasteiger partial charge is 0.289 e. The van der Waals surface area contributed by atoms with Crippen LogP contribution in [0.15, 0.2) is 58.6 Å². The average Bonchev–Trinajstić information content (AvgIpc) is 2.55. The fourth-order valence-corrected chi connectivity index (χ4v) is 3.13. The molecule has 0 saturated carbocycles. The van der Waals surface area contributed by atoms with Gasteiger partial charge in [0.15, 0.2) is 5.78 Å². The number of rotatable bonds is 3. The standard InChI is InChI=1S/C20H15BrClNO/c1-12-6-7-14-10-16(20(22)23-18(14)8-12)9-13(2)19(24)15-4-3-5-17(21)11-15/h3-11H,1-2H3/b13-9+. The summed E-state index contributed by atoms with van der Waals surface area (Å²) < 4.78 is 0.877. The number of nitrogens with zero attached hydrogens (tertiary/aromatic N) is 1. The minimum atomic E-state index is -0.0311. The van der Waals surface area contributed by atoms with E-state index >= 15 is 0 Å². The minimum Gasteiger partial charge on any atom is -0.289 e. The van der Waals surface area contributed by atoms with E-state index in [0.29, 0.717) is 16.3 Å². The number of hydrogen-bond donors (Lipinski definition) is 0. The monoisotopic (exact) mass is 399 g/mol. The lowest BCUT2D eigenvalue weighted by atomic mass is 10.0. The first kappa shape index (κ1) is 16.9. The molecular formula is C20H15BrClNO. The molecule has 0 fully saturated rings. The highest BCUT2D eigenvalue weighted by molar-refractivity contribution is 9.10. The van der Waals surface area contributed by atoms with Crippen LogP contribution in [0.1, 0.15) is 28.4 Å². The molecule has 1 heterocycles. The van der Waals surface area contributed by atoms with Crippen LogP contribution in [-0.4, -0.2) is 10.8 Å². The summed E-state index contributed by atoms with van der Waals surface area (Å²) in [7, 11) is 0. The van der Waals surface area contributed by atoms with Crippen LogP contribution in [-0.2, 0) is 0 Å². The molecule has 120 valence electrons. The summed E-state index contributed by atoms with van der Waals surface area (Å²) >= 11 is 9.69. The number of carbonyl (C=O) groups excluding carboxylic acids is 1. The zero-order valence-corrected chi connectivity index (χ0v) is 15.6. The Bertz CT molecular complexity index is 979. The van der Waals surface area contributed by atoms with Crippen LogP contribution < -0.4 is 0 Å². The van der Waals surface area contributed by atoms with E-state index in [1.165, 1.54) is 0 Å². The Morgan fingerprint density at radius 1 is 1.17 bits per heavy atom. The molecule has 0 saturated heterocycles. The lowest BCUT2D eigenvalue weighted by Gasteiger charge is -2.06. The summed E-state index contributed by atoms with van der Waals surface area (Å²) in [6, 6.07) is 15.3. The topological polar surface area (TPSA) is 30.0 Å². The van der Waals surface area contributed by atoms with Crippen LogP contribution in [0.25, 0.3) is 17.0 Å². The molecule has 0 spiro atoms. The third-order valence-corrected chi connectivity index (χ3v) is 4.57. The molecular weight excluding hydrogens is 386 g/mol. The van der Waals surface area contributed by atoms with Crippen molar-refractivity contribution in [1.29, 1.82) is 0 Å². The normalized spacial score (nSPS) is 11.8. The summed E-state index contributed by atoms with van der Waals surface area (Å²) in [5.74, 6) is -0.0311. The number of aromatic nitrogens is 1. The van der Waals surface area contributed by atoms with Crippen molar-refractivity contribution in [3.05, 3.63) is 80.4 Å². The molecule has 0 N–H and O–H groups in total. The Morgan fingerprint density at radius 2 is 1.96 bits per heavy atom. The highest BCUT2D eigenvalue weighted by Gasteiger charge is 2.10. The van der Waals surface area contributed by atoms with Gasteiger partial charge in [-0.05, 0) is 55.3 Å². The van der Waals surface area contributed by atoms with Gasteiger partial charge in [-0.3, -0.25) is 4.79 Å². The zero-order chi connectivity index (χ0) is 17.3. The van der Waals surface area contributed by atoms with Gasteiger partial charge in [0.05, 0.1) is 5.52 Å². The smallest absolute Gasteiger partial charge is 0.188 e. The molecule has 0 bridgehead atoms. The minimum absolute atomic E-state index is 0.0311. The van der Waals surface area contributed by atoms with Crippen LogP contribution in [0, 0.1) is 6.92 Å².